The lowest BCUT2D eigenvalue weighted by molar-refractivity contribution is -0.304. The van der Waals surface area contributed by atoms with E-state index in [1.54, 1.807) is 24.3 Å². The van der Waals surface area contributed by atoms with Crippen molar-refractivity contribution in [2.24, 2.45) is 0 Å². The van der Waals surface area contributed by atoms with Gasteiger partial charge in [0.05, 0.1) is 13.2 Å². The summed E-state index contributed by atoms with van der Waals surface area (Å²) >= 11 is 0. The molecule has 2 aliphatic rings. The molecule has 37 heavy (non-hydrogen) atoms. The molecule has 2 aromatic carbocycles. The van der Waals surface area contributed by atoms with Crippen molar-refractivity contribution in [3.63, 3.8) is 0 Å². The van der Waals surface area contributed by atoms with Crippen molar-refractivity contribution in [3.05, 3.63) is 58.7 Å². The molecule has 7 atom stereocenters. The Morgan fingerprint density at radius 1 is 1.03 bits per heavy atom. The van der Waals surface area contributed by atoms with Crippen molar-refractivity contribution in [3.8, 4) is 23.0 Å². The lowest BCUT2D eigenvalue weighted by Crippen LogP contribution is -2.59. The summed E-state index contributed by atoms with van der Waals surface area (Å²) in [6, 6.07) is 7.78. The minimum absolute atomic E-state index is 0.0228. The Morgan fingerprint density at radius 2 is 1.70 bits per heavy atom. The molecule has 0 aromatic heterocycles. The molecule has 1 fully saturated rings. The third-order valence-corrected chi connectivity index (χ3v) is 6.61. The molecule has 10 nitrogen and oxygen atoms in total. The Bertz CT molecular complexity index is 1170. The second kappa shape index (κ2) is 10.7. The summed E-state index contributed by atoms with van der Waals surface area (Å²) in [6.45, 7) is 5.28. The number of ketones is 1. The highest BCUT2D eigenvalue weighted by molar-refractivity contribution is 6.06. The number of aliphatic hydroxyl groups is 3. The van der Waals surface area contributed by atoms with Crippen molar-refractivity contribution in [1.82, 2.24) is 0 Å². The van der Waals surface area contributed by atoms with Crippen LogP contribution in [0.2, 0.25) is 0 Å². The van der Waals surface area contributed by atoms with E-state index in [1.165, 1.54) is 14.0 Å². The number of carbonyl (C=O) groups is 1. The molecule has 0 amide bonds. The van der Waals surface area contributed by atoms with Crippen LogP contribution in [0, 0.1) is 0 Å². The fourth-order valence-corrected chi connectivity index (χ4v) is 4.45. The Hall–Kier alpha value is -3.15. The number of fused-ring (bicyclic) bond motifs is 1. The van der Waals surface area contributed by atoms with Crippen LogP contribution in [0.15, 0.2) is 42.0 Å². The largest absolute Gasteiger partial charge is 0.507 e. The zero-order valence-electron chi connectivity index (χ0n) is 21.0. The van der Waals surface area contributed by atoms with Crippen molar-refractivity contribution in [1.29, 1.82) is 0 Å². The monoisotopic (exact) mass is 516 g/mol. The predicted octanol–water partition coefficient (Wildman–Crippen LogP) is 2.14. The number of hydrogen-bond donors (Lipinski definition) is 5. The molecule has 0 unspecified atom stereocenters. The third-order valence-electron chi connectivity index (χ3n) is 6.61. The van der Waals surface area contributed by atoms with Crippen LogP contribution >= 0.6 is 0 Å². The summed E-state index contributed by atoms with van der Waals surface area (Å²) in [4.78, 5) is 13.8. The topological polar surface area (TPSA) is 155 Å². The average molecular weight is 517 g/mol. The highest BCUT2D eigenvalue weighted by Crippen LogP contribution is 2.47. The van der Waals surface area contributed by atoms with Gasteiger partial charge in [-0.1, -0.05) is 23.8 Å². The van der Waals surface area contributed by atoms with Crippen LogP contribution < -0.4 is 9.47 Å². The number of aliphatic hydroxyl groups excluding tert-OH is 3. The number of benzene rings is 2. The molecular formula is C27H32O10. The fraction of sp³-hybridized carbons (Fsp3) is 0.444. The summed E-state index contributed by atoms with van der Waals surface area (Å²) < 4.78 is 23.0. The van der Waals surface area contributed by atoms with Crippen LogP contribution in [0.5, 0.6) is 23.0 Å². The van der Waals surface area contributed by atoms with E-state index >= 15 is 0 Å². The van der Waals surface area contributed by atoms with Gasteiger partial charge in [0.2, 0.25) is 5.78 Å². The standard InChI is InChI=1S/C27H32O10/c1-12(2)5-10-16-17(28)11-18(29)19-21(31)26(37-27-23(33)22(32)20(30)13(3)35-27)24(36-25(16)19)14-6-8-15(34-4)9-7-14/h5-9,11,13,20,22-24,26-30,32-33H,10H2,1-4H3/t13-,20-,22+,23+,24+,26-,27+/m1/s1. The summed E-state index contributed by atoms with van der Waals surface area (Å²) in [7, 11) is 1.52. The van der Waals surface area contributed by atoms with Gasteiger partial charge in [-0.25, -0.2) is 0 Å². The first-order valence-electron chi connectivity index (χ1n) is 11.9. The third kappa shape index (κ3) is 5.16. The number of ether oxygens (including phenoxy) is 4. The maximum absolute atomic E-state index is 13.8. The molecule has 0 bridgehead atoms. The van der Waals surface area contributed by atoms with E-state index in [-0.39, 0.29) is 23.5 Å². The van der Waals surface area contributed by atoms with E-state index in [2.05, 4.69) is 0 Å². The maximum Gasteiger partial charge on any atom is 0.203 e. The van der Waals surface area contributed by atoms with E-state index in [4.69, 9.17) is 18.9 Å². The van der Waals surface area contributed by atoms with Gasteiger partial charge in [0, 0.05) is 11.6 Å². The molecule has 200 valence electrons. The summed E-state index contributed by atoms with van der Waals surface area (Å²) in [5.41, 5.74) is 1.64. The first-order valence-corrected chi connectivity index (χ1v) is 11.9. The van der Waals surface area contributed by atoms with E-state index in [1.807, 2.05) is 19.9 Å². The molecule has 0 spiro atoms. The fourth-order valence-electron chi connectivity index (χ4n) is 4.45. The van der Waals surface area contributed by atoms with Gasteiger partial charge < -0.3 is 44.5 Å². The van der Waals surface area contributed by atoms with E-state index in [9.17, 15) is 30.3 Å². The molecule has 10 heteroatoms. The van der Waals surface area contributed by atoms with E-state index in [0.717, 1.165) is 11.6 Å². The van der Waals surface area contributed by atoms with Crippen molar-refractivity contribution in [2.45, 2.75) is 70.1 Å². The minimum Gasteiger partial charge on any atom is -0.507 e. The number of phenols is 2. The lowest BCUT2D eigenvalue weighted by atomic mass is 9.89. The highest BCUT2D eigenvalue weighted by atomic mass is 16.7. The van der Waals surface area contributed by atoms with Gasteiger partial charge in [0.1, 0.15) is 46.9 Å². The Morgan fingerprint density at radius 3 is 2.32 bits per heavy atom. The number of phenolic OH excluding ortho intramolecular Hbond substituents is 2. The zero-order chi connectivity index (χ0) is 27.0. The summed E-state index contributed by atoms with van der Waals surface area (Å²) in [5.74, 6) is -0.794. The van der Waals surface area contributed by atoms with Crippen LogP contribution in [0.3, 0.4) is 0 Å². The quantitative estimate of drug-likeness (QED) is 0.361. The molecule has 0 aliphatic carbocycles. The van der Waals surface area contributed by atoms with Crippen LogP contribution in [0.4, 0.5) is 0 Å². The number of carbonyl (C=O) groups excluding carboxylic acids is 1. The smallest absolute Gasteiger partial charge is 0.203 e. The number of methoxy groups -OCH3 is 1. The minimum atomic E-state index is -1.65. The number of allylic oxidation sites excluding steroid dienone is 2. The lowest BCUT2D eigenvalue weighted by Gasteiger charge is -2.42. The van der Waals surface area contributed by atoms with Crippen molar-refractivity contribution >= 4 is 5.78 Å². The molecule has 1 saturated heterocycles. The Balaban J connectivity index is 1.80. The van der Waals surface area contributed by atoms with Gasteiger partial charge in [0.15, 0.2) is 18.5 Å². The molecule has 5 N–H and O–H groups in total. The molecule has 2 heterocycles. The van der Waals surface area contributed by atoms with Crippen LogP contribution in [-0.4, -0.2) is 75.2 Å². The molecule has 2 aliphatic heterocycles. The first-order chi connectivity index (χ1) is 17.5. The van der Waals surface area contributed by atoms with Crippen molar-refractivity contribution in [2.75, 3.05) is 7.11 Å². The van der Waals surface area contributed by atoms with Crippen molar-refractivity contribution < 1.29 is 49.3 Å². The molecule has 4 rings (SSSR count). The summed E-state index contributed by atoms with van der Waals surface area (Å²) in [6.07, 6.45) is -7.33. The average Bonchev–Trinajstić information content (AvgIpc) is 2.86. The van der Waals surface area contributed by atoms with Crippen LogP contribution in [0.1, 0.15) is 48.4 Å². The highest BCUT2D eigenvalue weighted by Gasteiger charge is 2.48. The van der Waals surface area contributed by atoms with Crippen LogP contribution in [-0.2, 0) is 15.9 Å². The van der Waals surface area contributed by atoms with Gasteiger partial charge in [0.25, 0.3) is 0 Å². The number of hydrogen-bond acceptors (Lipinski definition) is 10. The molecular weight excluding hydrogens is 484 g/mol. The van der Waals surface area contributed by atoms with Crippen LogP contribution in [0.25, 0.3) is 0 Å². The van der Waals surface area contributed by atoms with E-state index in [0.29, 0.717) is 16.9 Å². The predicted molar refractivity (Wildman–Crippen MR) is 131 cm³/mol. The first kappa shape index (κ1) is 26.9. The molecule has 2 aromatic rings. The Labute approximate surface area is 214 Å². The normalized spacial score (nSPS) is 29.3. The Kier molecular flexibility index (Phi) is 7.77. The van der Waals surface area contributed by atoms with Gasteiger partial charge in [-0.2, -0.15) is 0 Å². The van der Waals surface area contributed by atoms with Gasteiger partial charge in [-0.15, -0.1) is 0 Å². The maximum atomic E-state index is 13.8. The number of aromatic hydroxyl groups is 2. The SMILES string of the molecule is COc1ccc([C@@H]2Oc3c(CC=C(C)C)c(O)cc(O)c3C(=O)[C@H]2O[C@@H]2O[C@H](C)[C@@H](O)[C@H](O)[C@@H]2O)cc1. The number of Topliss-reactive ketones (excluding diaryl/α,β-unsaturated/α-hetero) is 1. The number of rotatable bonds is 6. The van der Waals surface area contributed by atoms with Gasteiger partial charge in [-0.3, -0.25) is 4.79 Å². The molecule has 0 saturated carbocycles. The van der Waals surface area contributed by atoms with E-state index < -0.39 is 54.4 Å². The second-order valence-electron chi connectivity index (χ2n) is 9.50. The molecule has 0 radical (unpaired) electrons. The second-order valence-corrected chi connectivity index (χ2v) is 9.50. The van der Waals surface area contributed by atoms with Gasteiger partial charge >= 0.3 is 0 Å². The van der Waals surface area contributed by atoms with Gasteiger partial charge in [-0.05, 0) is 44.9 Å². The zero-order valence-corrected chi connectivity index (χ0v) is 21.0. The summed E-state index contributed by atoms with van der Waals surface area (Å²) in [5, 5.41) is 52.0.